The number of amides is 1. The molecule has 22 heavy (non-hydrogen) atoms. The molecule has 0 fully saturated rings. The van der Waals surface area contributed by atoms with E-state index in [4.69, 9.17) is 4.74 Å². The second-order valence-corrected chi connectivity index (χ2v) is 5.35. The van der Waals surface area contributed by atoms with Gasteiger partial charge in [0.15, 0.2) is 0 Å². The van der Waals surface area contributed by atoms with Gasteiger partial charge in [-0.05, 0) is 67.8 Å². The van der Waals surface area contributed by atoms with Crippen molar-refractivity contribution in [2.24, 2.45) is 0 Å². The molecular formula is C18H20FNO2. The zero-order valence-electron chi connectivity index (χ0n) is 13.1. The van der Waals surface area contributed by atoms with Gasteiger partial charge < -0.3 is 10.1 Å². The van der Waals surface area contributed by atoms with Gasteiger partial charge in [0.05, 0.1) is 13.0 Å². The Labute approximate surface area is 130 Å². The third-order valence-electron chi connectivity index (χ3n) is 3.54. The third kappa shape index (κ3) is 4.32. The summed E-state index contributed by atoms with van der Waals surface area (Å²) in [7, 11) is 0. The first kappa shape index (κ1) is 16.0. The average molecular weight is 301 g/mol. The van der Waals surface area contributed by atoms with Crippen molar-refractivity contribution in [3.05, 3.63) is 58.9 Å². The summed E-state index contributed by atoms with van der Waals surface area (Å²) < 4.78 is 18.6. The molecule has 0 heterocycles. The molecule has 0 bridgehead atoms. The van der Waals surface area contributed by atoms with Crippen LogP contribution in [0.15, 0.2) is 36.4 Å². The van der Waals surface area contributed by atoms with E-state index in [2.05, 4.69) is 5.32 Å². The molecule has 0 saturated heterocycles. The molecule has 1 amide bonds. The summed E-state index contributed by atoms with van der Waals surface area (Å²) in [5, 5.41) is 2.76. The Morgan fingerprint density at radius 1 is 1.05 bits per heavy atom. The Kier molecular flexibility index (Phi) is 5.15. The predicted molar refractivity (Wildman–Crippen MR) is 85.8 cm³/mol. The molecule has 2 aromatic rings. The summed E-state index contributed by atoms with van der Waals surface area (Å²) in [6.45, 7) is 6.11. The van der Waals surface area contributed by atoms with Gasteiger partial charge in [-0.1, -0.05) is 6.07 Å². The van der Waals surface area contributed by atoms with Gasteiger partial charge in [-0.3, -0.25) is 4.79 Å². The van der Waals surface area contributed by atoms with Crippen LogP contribution in [-0.4, -0.2) is 12.5 Å². The van der Waals surface area contributed by atoms with Crippen LogP contribution in [0.5, 0.6) is 5.75 Å². The van der Waals surface area contributed by atoms with Gasteiger partial charge in [0, 0.05) is 5.69 Å². The van der Waals surface area contributed by atoms with Crippen LogP contribution in [0.4, 0.5) is 10.1 Å². The molecule has 0 aliphatic heterocycles. The Balaban J connectivity index is 1.83. The molecule has 2 aromatic carbocycles. The number of halogens is 1. The molecule has 0 unspecified atom stereocenters. The van der Waals surface area contributed by atoms with Crippen molar-refractivity contribution in [3.63, 3.8) is 0 Å². The SMILES string of the molecule is Cc1ccc(OCCC(=O)Nc2ccc(F)cc2C)cc1C. The lowest BCUT2D eigenvalue weighted by Gasteiger charge is -2.10. The lowest BCUT2D eigenvalue weighted by Crippen LogP contribution is -2.16. The second kappa shape index (κ2) is 7.07. The molecule has 0 spiro atoms. The van der Waals surface area contributed by atoms with Crippen LogP contribution in [0.1, 0.15) is 23.1 Å². The Morgan fingerprint density at radius 3 is 2.50 bits per heavy atom. The maximum atomic E-state index is 13.0. The summed E-state index contributed by atoms with van der Waals surface area (Å²) in [6, 6.07) is 10.1. The lowest BCUT2D eigenvalue weighted by atomic mass is 10.1. The summed E-state index contributed by atoms with van der Waals surface area (Å²) in [5.41, 5.74) is 3.68. The van der Waals surface area contributed by atoms with Crippen LogP contribution in [0.25, 0.3) is 0 Å². The quantitative estimate of drug-likeness (QED) is 0.900. The minimum atomic E-state index is -0.312. The van der Waals surface area contributed by atoms with Crippen LogP contribution in [-0.2, 0) is 4.79 Å². The van der Waals surface area contributed by atoms with Gasteiger partial charge in [-0.2, -0.15) is 0 Å². The molecule has 3 nitrogen and oxygen atoms in total. The molecule has 2 rings (SSSR count). The maximum absolute atomic E-state index is 13.0. The Hall–Kier alpha value is -2.36. The van der Waals surface area contributed by atoms with Crippen molar-refractivity contribution in [1.82, 2.24) is 0 Å². The number of carbonyl (C=O) groups is 1. The Morgan fingerprint density at radius 2 is 1.82 bits per heavy atom. The van der Waals surface area contributed by atoms with Crippen LogP contribution in [0, 0.1) is 26.6 Å². The molecule has 4 heteroatoms. The van der Waals surface area contributed by atoms with E-state index in [1.54, 1.807) is 13.0 Å². The highest BCUT2D eigenvalue weighted by molar-refractivity contribution is 5.91. The smallest absolute Gasteiger partial charge is 0.227 e. The minimum absolute atomic E-state index is 0.154. The highest BCUT2D eigenvalue weighted by Gasteiger charge is 2.06. The van der Waals surface area contributed by atoms with E-state index in [0.717, 1.165) is 11.3 Å². The van der Waals surface area contributed by atoms with E-state index in [-0.39, 0.29) is 18.1 Å². The van der Waals surface area contributed by atoms with Crippen molar-refractivity contribution in [3.8, 4) is 5.75 Å². The zero-order valence-corrected chi connectivity index (χ0v) is 13.1. The number of anilines is 1. The largest absolute Gasteiger partial charge is 0.493 e. The fraction of sp³-hybridized carbons (Fsp3) is 0.278. The van der Waals surface area contributed by atoms with Gasteiger partial charge in [0.1, 0.15) is 11.6 Å². The number of benzene rings is 2. The number of carbonyl (C=O) groups excluding carboxylic acids is 1. The van der Waals surface area contributed by atoms with Gasteiger partial charge in [0.2, 0.25) is 5.91 Å². The standard InChI is InChI=1S/C18H20FNO2/c1-12-4-6-16(11-13(12)2)22-9-8-18(21)20-17-7-5-15(19)10-14(17)3/h4-7,10-11H,8-9H2,1-3H3,(H,20,21). The highest BCUT2D eigenvalue weighted by atomic mass is 19.1. The normalized spacial score (nSPS) is 10.4. The number of nitrogens with one attached hydrogen (secondary N) is 1. The van der Waals surface area contributed by atoms with Gasteiger partial charge in [-0.15, -0.1) is 0 Å². The molecule has 0 aliphatic carbocycles. The topological polar surface area (TPSA) is 38.3 Å². The van der Waals surface area contributed by atoms with Gasteiger partial charge in [-0.25, -0.2) is 4.39 Å². The number of ether oxygens (including phenoxy) is 1. The third-order valence-corrected chi connectivity index (χ3v) is 3.54. The first-order valence-electron chi connectivity index (χ1n) is 7.22. The number of hydrogen-bond donors (Lipinski definition) is 1. The summed E-state index contributed by atoms with van der Waals surface area (Å²) in [4.78, 5) is 11.9. The predicted octanol–water partition coefficient (Wildman–Crippen LogP) is 4.16. The van der Waals surface area contributed by atoms with Gasteiger partial charge >= 0.3 is 0 Å². The molecule has 0 radical (unpaired) electrons. The number of hydrogen-bond acceptors (Lipinski definition) is 2. The maximum Gasteiger partial charge on any atom is 0.227 e. The highest BCUT2D eigenvalue weighted by Crippen LogP contribution is 2.17. The van der Waals surface area contributed by atoms with Crippen molar-refractivity contribution in [2.75, 3.05) is 11.9 Å². The second-order valence-electron chi connectivity index (χ2n) is 5.35. The van der Waals surface area contributed by atoms with Crippen molar-refractivity contribution < 1.29 is 13.9 Å². The fourth-order valence-corrected chi connectivity index (χ4v) is 2.05. The summed E-state index contributed by atoms with van der Waals surface area (Å²) in [5.74, 6) is 0.293. The average Bonchev–Trinajstić information content (AvgIpc) is 2.46. The van der Waals surface area contributed by atoms with Crippen molar-refractivity contribution in [2.45, 2.75) is 27.2 Å². The molecule has 0 aromatic heterocycles. The van der Waals surface area contributed by atoms with Gasteiger partial charge in [0.25, 0.3) is 0 Å². The molecule has 0 saturated carbocycles. The Bertz CT molecular complexity index is 683. The number of rotatable bonds is 5. The van der Waals surface area contributed by atoms with Crippen LogP contribution >= 0.6 is 0 Å². The molecule has 1 N–H and O–H groups in total. The fourth-order valence-electron chi connectivity index (χ4n) is 2.05. The molecule has 0 atom stereocenters. The molecule has 0 aliphatic rings. The van der Waals surface area contributed by atoms with Crippen LogP contribution < -0.4 is 10.1 Å². The van der Waals surface area contributed by atoms with E-state index < -0.39 is 0 Å². The van der Waals surface area contributed by atoms with E-state index in [1.165, 1.54) is 17.7 Å². The summed E-state index contributed by atoms with van der Waals surface area (Å²) in [6.07, 6.45) is 0.240. The van der Waals surface area contributed by atoms with E-state index in [1.807, 2.05) is 32.0 Å². The zero-order chi connectivity index (χ0) is 16.1. The molecule has 116 valence electrons. The first-order chi connectivity index (χ1) is 10.5. The first-order valence-corrected chi connectivity index (χ1v) is 7.22. The number of aryl methyl sites for hydroxylation is 3. The van der Waals surface area contributed by atoms with Crippen molar-refractivity contribution in [1.29, 1.82) is 0 Å². The van der Waals surface area contributed by atoms with Crippen molar-refractivity contribution >= 4 is 11.6 Å². The van der Waals surface area contributed by atoms with E-state index >= 15 is 0 Å². The lowest BCUT2D eigenvalue weighted by molar-refractivity contribution is -0.116. The monoisotopic (exact) mass is 301 g/mol. The van der Waals surface area contributed by atoms with E-state index in [9.17, 15) is 9.18 Å². The molecular weight excluding hydrogens is 281 g/mol. The minimum Gasteiger partial charge on any atom is -0.493 e. The van der Waals surface area contributed by atoms with Crippen LogP contribution in [0.3, 0.4) is 0 Å². The summed E-state index contributed by atoms with van der Waals surface area (Å²) >= 11 is 0. The van der Waals surface area contributed by atoms with Crippen LogP contribution in [0.2, 0.25) is 0 Å². The van der Waals surface area contributed by atoms with E-state index in [0.29, 0.717) is 17.9 Å².